The Morgan fingerprint density at radius 2 is 2.36 bits per heavy atom. The summed E-state index contributed by atoms with van der Waals surface area (Å²) in [6, 6.07) is 3.65. The van der Waals surface area contributed by atoms with Gasteiger partial charge in [0.25, 0.3) is 0 Å². The van der Waals surface area contributed by atoms with Gasteiger partial charge in [-0.15, -0.1) is 0 Å². The van der Waals surface area contributed by atoms with Crippen LogP contribution in [-0.4, -0.2) is 60.0 Å². The van der Waals surface area contributed by atoms with Crippen LogP contribution in [0.5, 0.6) is 5.88 Å². The summed E-state index contributed by atoms with van der Waals surface area (Å²) in [4.78, 5) is 18.7. The molecule has 2 aliphatic heterocycles. The van der Waals surface area contributed by atoms with Crippen molar-refractivity contribution in [2.75, 3.05) is 26.3 Å². The van der Waals surface area contributed by atoms with Gasteiger partial charge in [0.05, 0.1) is 25.4 Å². The number of nitrogens with one attached hydrogen (secondary N) is 1. The van der Waals surface area contributed by atoms with Gasteiger partial charge < -0.3 is 24.4 Å². The number of amides is 2. The minimum absolute atomic E-state index is 0.00608. The van der Waals surface area contributed by atoms with Crippen molar-refractivity contribution in [3.63, 3.8) is 0 Å². The normalized spacial score (nSPS) is 29.0. The predicted molar refractivity (Wildman–Crippen MR) is 92.5 cm³/mol. The van der Waals surface area contributed by atoms with Gasteiger partial charge in [-0.3, -0.25) is 0 Å². The van der Waals surface area contributed by atoms with Crippen molar-refractivity contribution in [1.29, 1.82) is 0 Å². The summed E-state index contributed by atoms with van der Waals surface area (Å²) in [6.07, 6.45) is 2.49. The molecule has 0 radical (unpaired) electrons. The maximum atomic E-state index is 12.7. The topological polar surface area (TPSA) is 72.9 Å². The molecule has 0 unspecified atom stereocenters. The standard InChI is InChI=1S/C18H27N3O4/c1-4-23-16-15(6-5-8-19-16)10-20-17(22)21-11-13(2)25-18(12-21)7-9-24-14(18)3/h5-6,8,13-14H,4,7,9-12H2,1-3H3,(H,20,22)/t13-,14-,18+/m0/s1. The highest BCUT2D eigenvalue weighted by atomic mass is 16.6. The first kappa shape index (κ1) is 17.9. The summed E-state index contributed by atoms with van der Waals surface area (Å²) in [5.41, 5.74) is 0.478. The molecular weight excluding hydrogens is 322 g/mol. The van der Waals surface area contributed by atoms with Crippen LogP contribution in [0, 0.1) is 0 Å². The molecule has 3 atom stereocenters. The predicted octanol–water partition coefficient (Wildman–Crippen LogP) is 1.96. The van der Waals surface area contributed by atoms with Crippen molar-refractivity contribution in [2.24, 2.45) is 0 Å². The van der Waals surface area contributed by atoms with Crippen LogP contribution in [0.2, 0.25) is 0 Å². The lowest BCUT2D eigenvalue weighted by Crippen LogP contribution is -2.60. The Bertz CT molecular complexity index is 612. The van der Waals surface area contributed by atoms with E-state index in [4.69, 9.17) is 14.2 Å². The van der Waals surface area contributed by atoms with Crippen molar-refractivity contribution in [1.82, 2.24) is 15.2 Å². The number of ether oxygens (including phenoxy) is 3. The molecule has 1 aromatic heterocycles. The Kier molecular flexibility index (Phi) is 5.44. The summed E-state index contributed by atoms with van der Waals surface area (Å²) in [5.74, 6) is 0.565. The zero-order chi connectivity index (χ0) is 17.9. The van der Waals surface area contributed by atoms with Crippen molar-refractivity contribution in [3.8, 4) is 5.88 Å². The molecule has 3 heterocycles. The van der Waals surface area contributed by atoms with Gasteiger partial charge in [-0.05, 0) is 26.8 Å². The smallest absolute Gasteiger partial charge is 0.317 e. The lowest BCUT2D eigenvalue weighted by Gasteiger charge is -2.45. The van der Waals surface area contributed by atoms with E-state index in [-0.39, 0.29) is 23.8 Å². The zero-order valence-electron chi connectivity index (χ0n) is 15.2. The minimum Gasteiger partial charge on any atom is -0.478 e. The molecule has 3 rings (SSSR count). The molecule has 2 saturated heterocycles. The van der Waals surface area contributed by atoms with Gasteiger partial charge in [-0.25, -0.2) is 9.78 Å². The van der Waals surface area contributed by atoms with Crippen molar-refractivity contribution >= 4 is 6.03 Å². The van der Waals surface area contributed by atoms with Crippen LogP contribution in [0.1, 0.15) is 32.8 Å². The van der Waals surface area contributed by atoms with Crippen molar-refractivity contribution in [2.45, 2.75) is 51.5 Å². The monoisotopic (exact) mass is 349 g/mol. The Morgan fingerprint density at radius 3 is 3.08 bits per heavy atom. The molecule has 0 aromatic carbocycles. The van der Waals surface area contributed by atoms with Gasteiger partial charge in [-0.1, -0.05) is 6.07 Å². The molecule has 1 N–H and O–H groups in total. The summed E-state index contributed by atoms with van der Waals surface area (Å²) < 4.78 is 17.4. The number of carbonyl (C=O) groups excluding carboxylic acids is 1. The molecule has 1 spiro atoms. The van der Waals surface area contributed by atoms with Gasteiger partial charge in [-0.2, -0.15) is 0 Å². The third-order valence-corrected chi connectivity index (χ3v) is 4.85. The van der Waals surface area contributed by atoms with Crippen molar-refractivity contribution < 1.29 is 19.0 Å². The van der Waals surface area contributed by atoms with E-state index in [1.54, 1.807) is 6.20 Å². The third-order valence-electron chi connectivity index (χ3n) is 4.85. The summed E-state index contributed by atoms with van der Waals surface area (Å²) in [7, 11) is 0. The Balaban J connectivity index is 1.63. The summed E-state index contributed by atoms with van der Waals surface area (Å²) in [6.45, 7) is 8.66. The van der Waals surface area contributed by atoms with E-state index < -0.39 is 0 Å². The highest BCUT2D eigenvalue weighted by Crippen LogP contribution is 2.35. The fourth-order valence-electron chi connectivity index (χ4n) is 3.56. The van der Waals surface area contributed by atoms with E-state index in [9.17, 15) is 4.79 Å². The lowest BCUT2D eigenvalue weighted by molar-refractivity contribution is -0.159. The number of rotatable bonds is 4. The van der Waals surface area contributed by atoms with E-state index in [0.29, 0.717) is 38.7 Å². The SMILES string of the molecule is CCOc1ncccc1CNC(=O)N1C[C@H](C)O[C@]2(CCO[C@H]2C)C1. The number of urea groups is 1. The first-order valence-corrected chi connectivity index (χ1v) is 8.93. The second-order valence-electron chi connectivity index (χ2n) is 6.70. The van der Waals surface area contributed by atoms with E-state index in [1.165, 1.54) is 0 Å². The summed E-state index contributed by atoms with van der Waals surface area (Å²) >= 11 is 0. The van der Waals surface area contributed by atoms with Gasteiger partial charge in [0.15, 0.2) is 0 Å². The van der Waals surface area contributed by atoms with Crippen molar-refractivity contribution in [3.05, 3.63) is 23.9 Å². The van der Waals surface area contributed by atoms with E-state index in [2.05, 4.69) is 10.3 Å². The Labute approximate surface area is 148 Å². The van der Waals surface area contributed by atoms with Crippen LogP contribution >= 0.6 is 0 Å². The fourth-order valence-corrected chi connectivity index (χ4v) is 3.56. The van der Waals surface area contributed by atoms with Gasteiger partial charge in [0.1, 0.15) is 5.60 Å². The molecule has 2 amide bonds. The van der Waals surface area contributed by atoms with Gasteiger partial charge in [0, 0.05) is 37.9 Å². The quantitative estimate of drug-likeness (QED) is 0.900. The Hall–Kier alpha value is -1.86. The maximum absolute atomic E-state index is 12.7. The first-order chi connectivity index (χ1) is 12.0. The first-order valence-electron chi connectivity index (χ1n) is 8.93. The van der Waals surface area contributed by atoms with E-state index in [1.807, 2.05) is 37.8 Å². The zero-order valence-corrected chi connectivity index (χ0v) is 15.2. The largest absolute Gasteiger partial charge is 0.478 e. The van der Waals surface area contributed by atoms with Crippen LogP contribution in [0.4, 0.5) is 4.79 Å². The summed E-state index contributed by atoms with van der Waals surface area (Å²) in [5, 5.41) is 2.98. The van der Waals surface area contributed by atoms with Crippen LogP contribution in [-0.2, 0) is 16.0 Å². The molecule has 2 aliphatic rings. The number of pyridine rings is 1. The molecule has 0 saturated carbocycles. The van der Waals surface area contributed by atoms with E-state index >= 15 is 0 Å². The average Bonchev–Trinajstić information content (AvgIpc) is 2.93. The second-order valence-corrected chi connectivity index (χ2v) is 6.70. The molecule has 7 heteroatoms. The number of aromatic nitrogens is 1. The molecule has 2 fully saturated rings. The van der Waals surface area contributed by atoms with Crippen LogP contribution in [0.15, 0.2) is 18.3 Å². The second kappa shape index (κ2) is 7.58. The molecule has 0 bridgehead atoms. The number of carbonyl (C=O) groups is 1. The Morgan fingerprint density at radius 1 is 1.52 bits per heavy atom. The molecular formula is C18H27N3O4. The number of nitrogens with zero attached hydrogens (tertiary/aromatic N) is 2. The van der Waals surface area contributed by atoms with Crippen LogP contribution < -0.4 is 10.1 Å². The fraction of sp³-hybridized carbons (Fsp3) is 0.667. The molecule has 7 nitrogen and oxygen atoms in total. The molecule has 1 aromatic rings. The van der Waals surface area contributed by atoms with Crippen LogP contribution in [0.3, 0.4) is 0 Å². The average molecular weight is 349 g/mol. The highest BCUT2D eigenvalue weighted by Gasteiger charge is 2.48. The maximum Gasteiger partial charge on any atom is 0.317 e. The molecule has 138 valence electrons. The number of morpholine rings is 1. The van der Waals surface area contributed by atoms with Crippen LogP contribution in [0.25, 0.3) is 0 Å². The molecule has 25 heavy (non-hydrogen) atoms. The number of hydrogen-bond donors (Lipinski definition) is 1. The van der Waals surface area contributed by atoms with Gasteiger partial charge in [0.2, 0.25) is 5.88 Å². The lowest BCUT2D eigenvalue weighted by atomic mass is 9.93. The van der Waals surface area contributed by atoms with E-state index in [0.717, 1.165) is 12.0 Å². The van der Waals surface area contributed by atoms with Gasteiger partial charge >= 0.3 is 6.03 Å². The molecule has 0 aliphatic carbocycles. The number of hydrogen-bond acceptors (Lipinski definition) is 5. The minimum atomic E-state index is -0.389. The third kappa shape index (κ3) is 3.88. The highest BCUT2D eigenvalue weighted by molar-refractivity contribution is 5.74.